The molecule has 5 heteroatoms. The number of benzene rings is 3. The van der Waals surface area contributed by atoms with Crippen LogP contribution in [0.25, 0.3) is 11.0 Å². The summed E-state index contributed by atoms with van der Waals surface area (Å²) in [5.74, 6) is 1.83. The number of rotatable bonds is 9. The van der Waals surface area contributed by atoms with E-state index < -0.39 is 0 Å². The maximum atomic E-state index is 12.5. The molecular formula is C27H29N3O2. The van der Waals surface area contributed by atoms with Gasteiger partial charge in [0.05, 0.1) is 17.6 Å². The lowest BCUT2D eigenvalue weighted by Gasteiger charge is -2.11. The number of carbonyl (C=O) groups excluding carboxylic acids is 1. The van der Waals surface area contributed by atoms with E-state index in [-0.39, 0.29) is 5.91 Å². The Morgan fingerprint density at radius 1 is 0.969 bits per heavy atom. The van der Waals surface area contributed by atoms with E-state index >= 15 is 0 Å². The zero-order chi connectivity index (χ0) is 22.3. The smallest absolute Gasteiger partial charge is 0.251 e. The molecule has 0 saturated heterocycles. The largest absolute Gasteiger partial charge is 0.494 e. The summed E-state index contributed by atoms with van der Waals surface area (Å²) in [6.45, 7) is 6.04. The van der Waals surface area contributed by atoms with Gasteiger partial charge in [0.1, 0.15) is 11.6 Å². The summed E-state index contributed by atoms with van der Waals surface area (Å²) < 4.78 is 8.16. The Balaban J connectivity index is 1.38. The normalized spacial score (nSPS) is 10.9. The molecule has 5 nitrogen and oxygen atoms in total. The number of carbonyl (C=O) groups is 1. The minimum Gasteiger partial charge on any atom is -0.494 e. The molecule has 0 aliphatic heterocycles. The van der Waals surface area contributed by atoms with Crippen molar-refractivity contribution in [1.82, 2.24) is 14.9 Å². The number of aromatic nitrogens is 2. The van der Waals surface area contributed by atoms with Crippen molar-refractivity contribution < 1.29 is 9.53 Å². The summed E-state index contributed by atoms with van der Waals surface area (Å²) in [5.41, 5.74) is 5.05. The number of nitrogens with one attached hydrogen (secondary N) is 1. The van der Waals surface area contributed by atoms with Crippen molar-refractivity contribution in [3.05, 3.63) is 95.3 Å². The standard InChI is InChI=1S/C27H29N3O2/c1-20-8-5-10-22(18-20)27(31)28-15-14-26-29-24-12-3-4-13-25(24)30(26)16-7-17-32-23-11-6-9-21(2)19-23/h3-6,8-13,18-19H,7,14-17H2,1-2H3,(H,28,31). The predicted molar refractivity (Wildman–Crippen MR) is 128 cm³/mol. The fourth-order valence-electron chi connectivity index (χ4n) is 3.86. The Hall–Kier alpha value is -3.60. The molecule has 0 atom stereocenters. The van der Waals surface area contributed by atoms with Crippen molar-refractivity contribution in [2.45, 2.75) is 33.2 Å². The summed E-state index contributed by atoms with van der Waals surface area (Å²) >= 11 is 0. The van der Waals surface area contributed by atoms with Crippen molar-refractivity contribution in [3.8, 4) is 5.75 Å². The van der Waals surface area contributed by atoms with Crippen LogP contribution >= 0.6 is 0 Å². The van der Waals surface area contributed by atoms with Crippen LogP contribution in [0.15, 0.2) is 72.8 Å². The van der Waals surface area contributed by atoms with Crippen molar-refractivity contribution in [1.29, 1.82) is 0 Å². The number of imidazole rings is 1. The summed E-state index contributed by atoms with van der Waals surface area (Å²) in [7, 11) is 0. The van der Waals surface area contributed by atoms with Gasteiger partial charge < -0.3 is 14.6 Å². The number of nitrogens with zero attached hydrogens (tertiary/aromatic N) is 2. The van der Waals surface area contributed by atoms with Crippen LogP contribution in [0.4, 0.5) is 0 Å². The van der Waals surface area contributed by atoms with Gasteiger partial charge in [-0.15, -0.1) is 0 Å². The lowest BCUT2D eigenvalue weighted by atomic mass is 10.1. The molecule has 0 saturated carbocycles. The van der Waals surface area contributed by atoms with E-state index in [0.717, 1.165) is 41.1 Å². The van der Waals surface area contributed by atoms with Gasteiger partial charge in [0.2, 0.25) is 0 Å². The number of hydrogen-bond acceptors (Lipinski definition) is 3. The number of fused-ring (bicyclic) bond motifs is 1. The molecule has 164 valence electrons. The highest BCUT2D eigenvalue weighted by molar-refractivity contribution is 5.94. The third-order valence-electron chi connectivity index (χ3n) is 5.43. The van der Waals surface area contributed by atoms with E-state index in [1.54, 1.807) is 0 Å². The molecule has 4 aromatic rings. The minimum atomic E-state index is -0.0529. The average Bonchev–Trinajstić information content (AvgIpc) is 3.14. The van der Waals surface area contributed by atoms with E-state index in [1.807, 2.05) is 61.5 Å². The lowest BCUT2D eigenvalue weighted by molar-refractivity contribution is 0.0954. The number of aryl methyl sites for hydroxylation is 3. The number of amides is 1. The van der Waals surface area contributed by atoms with Gasteiger partial charge in [-0.25, -0.2) is 4.98 Å². The van der Waals surface area contributed by atoms with Gasteiger partial charge in [0.25, 0.3) is 5.91 Å². The quantitative estimate of drug-likeness (QED) is 0.378. The first kappa shape index (κ1) is 21.6. The van der Waals surface area contributed by atoms with Crippen LogP contribution in [0.5, 0.6) is 5.75 Å². The van der Waals surface area contributed by atoms with Gasteiger partial charge in [0, 0.05) is 25.1 Å². The minimum absolute atomic E-state index is 0.0529. The van der Waals surface area contributed by atoms with Crippen LogP contribution in [-0.2, 0) is 13.0 Å². The van der Waals surface area contributed by atoms with E-state index in [4.69, 9.17) is 9.72 Å². The predicted octanol–water partition coefficient (Wildman–Crippen LogP) is 5.09. The van der Waals surface area contributed by atoms with E-state index in [9.17, 15) is 4.79 Å². The van der Waals surface area contributed by atoms with Crippen molar-refractivity contribution in [3.63, 3.8) is 0 Å². The maximum Gasteiger partial charge on any atom is 0.251 e. The molecule has 0 radical (unpaired) electrons. The van der Waals surface area contributed by atoms with Crippen molar-refractivity contribution in [2.24, 2.45) is 0 Å². The molecule has 4 rings (SSSR count). The van der Waals surface area contributed by atoms with Gasteiger partial charge in [-0.3, -0.25) is 4.79 Å². The second kappa shape index (κ2) is 10.1. The molecule has 0 spiro atoms. The molecule has 0 aliphatic rings. The van der Waals surface area contributed by atoms with Crippen LogP contribution in [0.1, 0.15) is 33.7 Å². The molecule has 0 aliphatic carbocycles. The summed E-state index contributed by atoms with van der Waals surface area (Å²) in [4.78, 5) is 17.3. The zero-order valence-electron chi connectivity index (χ0n) is 18.7. The first-order valence-corrected chi connectivity index (χ1v) is 11.1. The molecule has 0 unspecified atom stereocenters. The highest BCUT2D eigenvalue weighted by Crippen LogP contribution is 2.18. The SMILES string of the molecule is Cc1cccc(OCCCn2c(CCNC(=O)c3cccc(C)c3)nc3ccccc32)c1. The van der Waals surface area contributed by atoms with Crippen LogP contribution in [0.2, 0.25) is 0 Å². The third kappa shape index (κ3) is 5.35. The van der Waals surface area contributed by atoms with E-state index in [2.05, 4.69) is 35.0 Å². The van der Waals surface area contributed by atoms with Crippen molar-refractivity contribution in [2.75, 3.05) is 13.2 Å². The Bertz CT molecular complexity index is 1210. The van der Waals surface area contributed by atoms with E-state index in [0.29, 0.717) is 25.1 Å². The highest BCUT2D eigenvalue weighted by atomic mass is 16.5. The maximum absolute atomic E-state index is 12.5. The molecule has 3 aromatic carbocycles. The van der Waals surface area contributed by atoms with E-state index in [1.165, 1.54) is 5.56 Å². The number of para-hydroxylation sites is 2. The van der Waals surface area contributed by atoms with Crippen LogP contribution in [0, 0.1) is 13.8 Å². The fraction of sp³-hybridized carbons (Fsp3) is 0.259. The van der Waals surface area contributed by atoms with Gasteiger partial charge in [-0.05, 0) is 62.2 Å². The highest BCUT2D eigenvalue weighted by Gasteiger charge is 2.11. The Labute approximate surface area is 189 Å². The van der Waals surface area contributed by atoms with Crippen molar-refractivity contribution >= 4 is 16.9 Å². The van der Waals surface area contributed by atoms with Gasteiger partial charge >= 0.3 is 0 Å². The molecule has 1 heterocycles. The monoisotopic (exact) mass is 427 g/mol. The van der Waals surface area contributed by atoms with Gasteiger partial charge in [-0.1, -0.05) is 42.0 Å². The first-order chi connectivity index (χ1) is 15.6. The molecule has 0 fully saturated rings. The molecule has 0 bridgehead atoms. The molecule has 1 amide bonds. The van der Waals surface area contributed by atoms with Crippen LogP contribution in [0.3, 0.4) is 0 Å². The third-order valence-corrected chi connectivity index (χ3v) is 5.43. The summed E-state index contributed by atoms with van der Waals surface area (Å²) in [5, 5.41) is 3.02. The van der Waals surface area contributed by atoms with Gasteiger partial charge in [-0.2, -0.15) is 0 Å². The summed E-state index contributed by atoms with van der Waals surface area (Å²) in [6, 6.07) is 23.9. The Kier molecular flexibility index (Phi) is 6.85. The Morgan fingerprint density at radius 2 is 1.75 bits per heavy atom. The average molecular weight is 428 g/mol. The number of hydrogen-bond donors (Lipinski definition) is 1. The Morgan fingerprint density at radius 3 is 2.56 bits per heavy atom. The topological polar surface area (TPSA) is 56.1 Å². The zero-order valence-corrected chi connectivity index (χ0v) is 18.7. The second-order valence-electron chi connectivity index (χ2n) is 8.06. The lowest BCUT2D eigenvalue weighted by Crippen LogP contribution is -2.26. The van der Waals surface area contributed by atoms with Gasteiger partial charge in [0.15, 0.2) is 0 Å². The molecule has 1 aromatic heterocycles. The number of ether oxygens (including phenoxy) is 1. The summed E-state index contributed by atoms with van der Waals surface area (Å²) in [6.07, 6.45) is 1.54. The van der Waals surface area contributed by atoms with Crippen LogP contribution in [-0.4, -0.2) is 28.6 Å². The van der Waals surface area contributed by atoms with Crippen LogP contribution < -0.4 is 10.1 Å². The molecular weight excluding hydrogens is 398 g/mol. The first-order valence-electron chi connectivity index (χ1n) is 11.1. The second-order valence-corrected chi connectivity index (χ2v) is 8.06. The fourth-order valence-corrected chi connectivity index (χ4v) is 3.86. The molecule has 32 heavy (non-hydrogen) atoms. The molecule has 1 N–H and O–H groups in total.